The molecule has 12 aromatic rings. The van der Waals surface area contributed by atoms with E-state index in [2.05, 4.69) is 303 Å². The van der Waals surface area contributed by atoms with Gasteiger partial charge in [0.1, 0.15) is 0 Å². The molecule has 0 amide bonds. The summed E-state index contributed by atoms with van der Waals surface area (Å²) in [5, 5.41) is 10.5. The molecule has 0 fully saturated rings. The molecule has 12 aromatic carbocycles. The van der Waals surface area contributed by atoms with Crippen LogP contribution in [0.4, 0.5) is 17.1 Å². The van der Waals surface area contributed by atoms with Gasteiger partial charge in [-0.1, -0.05) is 265 Å². The zero-order valence-electron chi connectivity index (χ0n) is 45.1. The number of hydrogen-bond acceptors (Lipinski definition) is 1. The Hall–Kier alpha value is -8.52. The number of aryl methyl sites for hydroxylation is 2. The predicted molar refractivity (Wildman–Crippen MR) is 328 cm³/mol. The topological polar surface area (TPSA) is 3.24 Å². The Morgan fingerprint density at radius 1 is 0.329 bits per heavy atom. The van der Waals surface area contributed by atoms with Crippen LogP contribution in [0.25, 0.3) is 76.5 Å². The van der Waals surface area contributed by atoms with Crippen LogP contribution in [-0.2, 0) is 10.8 Å². The minimum absolute atomic E-state index is 0.0979. The second-order valence-corrected chi connectivity index (χ2v) is 22.4. The molecule has 2 aliphatic rings. The SMILES string of the molecule is CC(C)c1cccc2ccccc12.Cc1ccc(-c2ccc(N(c3ccc4c(c3)C(C)(C)c3ccc5ccccc5c3-4)c3cccc4ccccc34)cc2)cc1.Cc1ccc2c(c1)C(C)(C)c1ccc3ccccc3c1-2. The summed E-state index contributed by atoms with van der Waals surface area (Å²) in [7, 11) is 0. The molecule has 0 saturated heterocycles. The van der Waals surface area contributed by atoms with Crippen LogP contribution in [0.3, 0.4) is 0 Å². The Labute approximate surface area is 449 Å². The van der Waals surface area contributed by atoms with Gasteiger partial charge in [-0.05, 0) is 149 Å². The molecule has 0 bridgehead atoms. The molecular formula is C75H65N. The van der Waals surface area contributed by atoms with Gasteiger partial charge in [0.25, 0.3) is 0 Å². The van der Waals surface area contributed by atoms with Crippen molar-refractivity contribution in [3.05, 3.63) is 282 Å². The molecule has 0 aliphatic heterocycles. The van der Waals surface area contributed by atoms with Crippen molar-refractivity contribution in [3.63, 3.8) is 0 Å². The first-order valence-corrected chi connectivity index (χ1v) is 27.1. The van der Waals surface area contributed by atoms with E-state index in [0.29, 0.717) is 5.92 Å². The number of anilines is 3. The van der Waals surface area contributed by atoms with Gasteiger partial charge in [0, 0.05) is 27.6 Å². The fraction of sp³-hybridized carbons (Fsp3) is 0.147. The zero-order valence-corrected chi connectivity index (χ0v) is 45.1. The normalized spacial score (nSPS) is 13.3. The maximum Gasteiger partial charge on any atom is 0.0540 e. The monoisotopic (exact) mass is 980 g/mol. The van der Waals surface area contributed by atoms with E-state index in [1.807, 2.05) is 0 Å². The average molecular weight is 980 g/mol. The number of rotatable bonds is 5. The van der Waals surface area contributed by atoms with Gasteiger partial charge in [0.15, 0.2) is 0 Å². The van der Waals surface area contributed by atoms with Gasteiger partial charge in [-0.15, -0.1) is 0 Å². The number of hydrogen-bond donors (Lipinski definition) is 0. The van der Waals surface area contributed by atoms with Crippen LogP contribution in [-0.4, -0.2) is 0 Å². The maximum atomic E-state index is 2.43. The van der Waals surface area contributed by atoms with Crippen LogP contribution in [0.1, 0.15) is 86.4 Å². The summed E-state index contributed by atoms with van der Waals surface area (Å²) >= 11 is 0. The van der Waals surface area contributed by atoms with E-state index >= 15 is 0 Å². The molecule has 0 atom stereocenters. The van der Waals surface area contributed by atoms with Crippen molar-refractivity contribution < 1.29 is 0 Å². The fourth-order valence-electron chi connectivity index (χ4n) is 12.4. The van der Waals surface area contributed by atoms with Crippen molar-refractivity contribution >= 4 is 60.2 Å². The first-order chi connectivity index (χ1) is 36.9. The summed E-state index contributed by atoms with van der Waals surface area (Å²) in [5.41, 5.74) is 21.3. The standard InChI is InChI=1S/C42H33N.C20H18.C13H14/c1-28-15-17-29(18-16-28)30-19-22-33(23-20-30)43(40-14-8-11-31-9-4-6-12-35(31)40)34-24-25-37-39(27-34)42(2,3)38-26-21-32-10-5-7-13-36(32)41(37)38;1-13-8-10-16-18(12-13)20(2,3)17-11-9-14-6-4-5-7-15(14)19(16)17;1-10(2)12-9-5-7-11-6-3-4-8-13(11)12/h4-27H,1-3H3;4-12H,1-3H3;3-10H,1-2H3. The third-order valence-corrected chi connectivity index (χ3v) is 16.5. The van der Waals surface area contributed by atoms with Crippen molar-refractivity contribution in [2.75, 3.05) is 4.90 Å². The van der Waals surface area contributed by atoms with Crippen LogP contribution < -0.4 is 4.90 Å². The van der Waals surface area contributed by atoms with E-state index in [9.17, 15) is 0 Å². The van der Waals surface area contributed by atoms with Crippen molar-refractivity contribution in [2.45, 2.75) is 72.1 Å². The fourth-order valence-corrected chi connectivity index (χ4v) is 12.4. The number of fused-ring (bicyclic) bond motifs is 12. The third-order valence-electron chi connectivity index (χ3n) is 16.5. The van der Waals surface area contributed by atoms with Gasteiger partial charge < -0.3 is 4.90 Å². The molecule has 0 aromatic heterocycles. The van der Waals surface area contributed by atoms with Crippen molar-refractivity contribution in [1.29, 1.82) is 0 Å². The Balaban J connectivity index is 0.000000144. The highest BCUT2D eigenvalue weighted by atomic mass is 15.1. The highest BCUT2D eigenvalue weighted by Crippen LogP contribution is 2.54. The van der Waals surface area contributed by atoms with E-state index in [4.69, 9.17) is 0 Å². The average Bonchev–Trinajstić information content (AvgIpc) is 3.94. The Morgan fingerprint density at radius 2 is 0.750 bits per heavy atom. The molecule has 0 spiro atoms. The van der Waals surface area contributed by atoms with Crippen LogP contribution in [0, 0.1) is 13.8 Å². The highest BCUT2D eigenvalue weighted by molar-refractivity contribution is 6.05. The molecule has 1 nitrogen and oxygen atoms in total. The summed E-state index contributed by atoms with van der Waals surface area (Å²) in [6.07, 6.45) is 0. The number of nitrogens with zero attached hydrogens (tertiary/aromatic N) is 1. The predicted octanol–water partition coefficient (Wildman–Crippen LogP) is 21.2. The largest absolute Gasteiger partial charge is 0.310 e. The molecule has 0 radical (unpaired) electrons. The Kier molecular flexibility index (Phi) is 12.3. The highest BCUT2D eigenvalue weighted by Gasteiger charge is 2.38. The van der Waals surface area contributed by atoms with Crippen LogP contribution in [0.15, 0.2) is 243 Å². The van der Waals surface area contributed by atoms with Gasteiger partial charge in [0.2, 0.25) is 0 Å². The van der Waals surface area contributed by atoms with Gasteiger partial charge in [0.05, 0.1) is 5.69 Å². The van der Waals surface area contributed by atoms with Crippen LogP contribution in [0.5, 0.6) is 0 Å². The molecule has 2 aliphatic carbocycles. The molecular weight excluding hydrogens is 915 g/mol. The van der Waals surface area contributed by atoms with Crippen LogP contribution in [0.2, 0.25) is 0 Å². The molecule has 1 heteroatoms. The third kappa shape index (κ3) is 8.45. The molecule has 76 heavy (non-hydrogen) atoms. The van der Waals surface area contributed by atoms with Crippen molar-refractivity contribution in [2.24, 2.45) is 0 Å². The lowest BCUT2D eigenvalue weighted by molar-refractivity contribution is 0.660. The zero-order chi connectivity index (χ0) is 52.3. The number of benzene rings is 12. The van der Waals surface area contributed by atoms with Gasteiger partial charge in [-0.3, -0.25) is 0 Å². The molecule has 14 rings (SSSR count). The first-order valence-electron chi connectivity index (χ1n) is 27.1. The smallest absolute Gasteiger partial charge is 0.0540 e. The summed E-state index contributed by atoms with van der Waals surface area (Å²) < 4.78 is 0. The quantitative estimate of drug-likeness (QED) is 0.166. The summed E-state index contributed by atoms with van der Waals surface area (Å²) in [5.74, 6) is 0.603. The lowest BCUT2D eigenvalue weighted by Gasteiger charge is -2.29. The van der Waals surface area contributed by atoms with Crippen LogP contribution >= 0.6 is 0 Å². The molecule has 0 N–H and O–H groups in total. The summed E-state index contributed by atoms with van der Waals surface area (Å²) in [6.45, 7) is 18.2. The van der Waals surface area contributed by atoms with E-state index in [-0.39, 0.29) is 10.8 Å². The van der Waals surface area contributed by atoms with Crippen molar-refractivity contribution in [3.8, 4) is 33.4 Å². The van der Waals surface area contributed by atoms with E-state index in [1.54, 1.807) is 0 Å². The van der Waals surface area contributed by atoms with Gasteiger partial charge in [-0.25, -0.2) is 0 Å². The van der Waals surface area contributed by atoms with Crippen molar-refractivity contribution in [1.82, 2.24) is 0 Å². The maximum absolute atomic E-state index is 2.43. The second kappa shape index (κ2) is 19.3. The molecule has 0 saturated carbocycles. The minimum atomic E-state index is -0.107. The van der Waals surface area contributed by atoms with E-state index in [1.165, 1.54) is 127 Å². The molecule has 0 heterocycles. The second-order valence-electron chi connectivity index (χ2n) is 22.4. The van der Waals surface area contributed by atoms with E-state index < -0.39 is 0 Å². The molecule has 0 unspecified atom stereocenters. The Morgan fingerprint density at radius 3 is 1.32 bits per heavy atom. The Bertz CT molecular complexity index is 4140. The van der Waals surface area contributed by atoms with E-state index in [0.717, 1.165) is 5.69 Å². The summed E-state index contributed by atoms with van der Waals surface area (Å²) in [6, 6.07) is 88.8. The first kappa shape index (κ1) is 48.4. The lowest BCUT2D eigenvalue weighted by atomic mass is 9.81. The molecule has 370 valence electrons. The lowest BCUT2D eigenvalue weighted by Crippen LogP contribution is -2.16. The summed E-state index contributed by atoms with van der Waals surface area (Å²) in [4.78, 5) is 2.43. The van der Waals surface area contributed by atoms with Gasteiger partial charge in [-0.2, -0.15) is 0 Å². The van der Waals surface area contributed by atoms with Gasteiger partial charge >= 0.3 is 0 Å². The minimum Gasteiger partial charge on any atom is -0.310 e.